The third kappa shape index (κ3) is 4.19. The molecule has 1 amide bonds. The van der Waals surface area contributed by atoms with E-state index < -0.39 is 0 Å². The van der Waals surface area contributed by atoms with Crippen LogP contribution in [0.5, 0.6) is 0 Å². The molecule has 1 aliphatic rings. The third-order valence-electron chi connectivity index (χ3n) is 4.31. The van der Waals surface area contributed by atoms with Crippen LogP contribution in [0.3, 0.4) is 0 Å². The van der Waals surface area contributed by atoms with Gasteiger partial charge in [-0.2, -0.15) is 0 Å². The van der Waals surface area contributed by atoms with Gasteiger partial charge in [-0.3, -0.25) is 14.7 Å². The van der Waals surface area contributed by atoms with Crippen molar-refractivity contribution in [3.63, 3.8) is 0 Å². The van der Waals surface area contributed by atoms with Gasteiger partial charge in [0.15, 0.2) is 0 Å². The van der Waals surface area contributed by atoms with E-state index in [-0.39, 0.29) is 5.91 Å². The molecule has 1 fully saturated rings. The lowest BCUT2D eigenvalue weighted by atomic mass is 10.0. The van der Waals surface area contributed by atoms with E-state index in [9.17, 15) is 4.79 Å². The number of hydrogen-bond donors (Lipinski definition) is 0. The minimum Gasteiger partial charge on any atom is -0.383 e. The van der Waals surface area contributed by atoms with E-state index in [0.29, 0.717) is 19.7 Å². The number of carbonyl (C=O) groups excluding carboxylic acids is 1. The van der Waals surface area contributed by atoms with Crippen molar-refractivity contribution < 1.29 is 9.53 Å². The van der Waals surface area contributed by atoms with Crippen LogP contribution < -0.4 is 0 Å². The van der Waals surface area contributed by atoms with Crippen molar-refractivity contribution in [2.24, 2.45) is 0 Å². The van der Waals surface area contributed by atoms with Crippen LogP contribution >= 0.6 is 0 Å². The lowest BCUT2D eigenvalue weighted by molar-refractivity contribution is -0.136. The van der Waals surface area contributed by atoms with Crippen molar-refractivity contribution in [2.75, 3.05) is 39.9 Å². The number of nitrogens with zero attached hydrogens (tertiary/aromatic N) is 3. The number of rotatable bonds is 6. The lowest BCUT2D eigenvalue weighted by Gasteiger charge is -2.34. The summed E-state index contributed by atoms with van der Waals surface area (Å²) in [6.07, 6.45) is 3.61. The number of aromatic nitrogens is 1. The van der Waals surface area contributed by atoms with Crippen molar-refractivity contribution in [1.82, 2.24) is 14.8 Å². The Labute approximate surface area is 142 Å². The van der Waals surface area contributed by atoms with Crippen molar-refractivity contribution >= 4 is 5.91 Å². The summed E-state index contributed by atoms with van der Waals surface area (Å²) < 4.78 is 5.06. The van der Waals surface area contributed by atoms with Gasteiger partial charge in [0.05, 0.1) is 13.2 Å². The molecular formula is C19H23N3O2. The molecule has 0 spiro atoms. The Morgan fingerprint density at radius 3 is 2.71 bits per heavy atom. The van der Waals surface area contributed by atoms with Gasteiger partial charge in [-0.25, -0.2) is 0 Å². The van der Waals surface area contributed by atoms with Crippen molar-refractivity contribution in [2.45, 2.75) is 6.54 Å². The summed E-state index contributed by atoms with van der Waals surface area (Å²) in [5.41, 5.74) is 3.56. The molecule has 0 saturated carbocycles. The van der Waals surface area contributed by atoms with E-state index in [2.05, 4.69) is 34.1 Å². The SMILES string of the molecule is COCCN1CCN(Cc2cccc(-c3ccncc3)c2)CC1=O. The standard InChI is InChI=1S/C19H23N3O2/c1-24-12-11-22-10-9-21(15-19(22)23)14-16-3-2-4-18(13-16)17-5-7-20-8-6-17/h2-8,13H,9-12,14-15H2,1H3. The Balaban J connectivity index is 1.62. The van der Waals surface area contributed by atoms with Gasteiger partial charge in [-0.1, -0.05) is 18.2 Å². The van der Waals surface area contributed by atoms with E-state index in [0.717, 1.165) is 25.2 Å². The summed E-state index contributed by atoms with van der Waals surface area (Å²) in [7, 11) is 1.66. The Hall–Kier alpha value is -2.24. The molecule has 1 aliphatic heterocycles. The average molecular weight is 325 g/mol. The fourth-order valence-electron chi connectivity index (χ4n) is 2.98. The normalized spacial score (nSPS) is 15.7. The molecule has 0 aliphatic carbocycles. The van der Waals surface area contributed by atoms with Crippen molar-refractivity contribution in [1.29, 1.82) is 0 Å². The van der Waals surface area contributed by atoms with Crippen LogP contribution in [0.25, 0.3) is 11.1 Å². The summed E-state index contributed by atoms with van der Waals surface area (Å²) in [4.78, 5) is 20.4. The van der Waals surface area contributed by atoms with Crippen LogP contribution in [0, 0.1) is 0 Å². The first-order valence-electron chi connectivity index (χ1n) is 8.24. The maximum atomic E-state index is 12.2. The highest BCUT2D eigenvalue weighted by molar-refractivity contribution is 5.79. The summed E-state index contributed by atoms with van der Waals surface area (Å²) in [5.74, 6) is 0.184. The maximum Gasteiger partial charge on any atom is 0.236 e. The molecule has 2 aromatic rings. The number of carbonyl (C=O) groups is 1. The zero-order valence-electron chi connectivity index (χ0n) is 14.0. The number of methoxy groups -OCH3 is 1. The first-order valence-corrected chi connectivity index (χ1v) is 8.24. The second kappa shape index (κ2) is 8.04. The minimum absolute atomic E-state index is 0.184. The van der Waals surface area contributed by atoms with Gasteiger partial charge in [-0.05, 0) is 34.9 Å². The number of hydrogen-bond acceptors (Lipinski definition) is 4. The first kappa shape index (κ1) is 16.6. The molecule has 1 saturated heterocycles. The number of benzene rings is 1. The fraction of sp³-hybridized carbons (Fsp3) is 0.368. The molecule has 0 N–H and O–H groups in total. The highest BCUT2D eigenvalue weighted by Crippen LogP contribution is 2.20. The van der Waals surface area contributed by atoms with Crippen molar-refractivity contribution in [3.05, 3.63) is 54.4 Å². The monoisotopic (exact) mass is 325 g/mol. The molecule has 3 rings (SSSR count). The highest BCUT2D eigenvalue weighted by atomic mass is 16.5. The van der Waals surface area contributed by atoms with E-state index in [4.69, 9.17) is 4.74 Å². The van der Waals surface area contributed by atoms with Gasteiger partial charge in [0.1, 0.15) is 0 Å². The van der Waals surface area contributed by atoms with Gasteiger partial charge >= 0.3 is 0 Å². The lowest BCUT2D eigenvalue weighted by Crippen LogP contribution is -2.50. The van der Waals surface area contributed by atoms with Crippen LogP contribution in [0.2, 0.25) is 0 Å². The molecular weight excluding hydrogens is 302 g/mol. The highest BCUT2D eigenvalue weighted by Gasteiger charge is 2.23. The predicted molar refractivity (Wildman–Crippen MR) is 93.4 cm³/mol. The molecule has 0 bridgehead atoms. The van der Waals surface area contributed by atoms with Crippen molar-refractivity contribution in [3.8, 4) is 11.1 Å². The average Bonchev–Trinajstić information content (AvgIpc) is 2.62. The van der Waals surface area contributed by atoms with Gasteiger partial charge in [0.25, 0.3) is 0 Å². The first-order chi connectivity index (χ1) is 11.8. The summed E-state index contributed by atoms with van der Waals surface area (Å²) in [6, 6.07) is 12.5. The Morgan fingerprint density at radius 2 is 1.96 bits per heavy atom. The molecule has 1 aromatic carbocycles. The largest absolute Gasteiger partial charge is 0.383 e. The molecule has 126 valence electrons. The molecule has 1 aromatic heterocycles. The topological polar surface area (TPSA) is 45.7 Å². The number of piperazine rings is 1. The number of amides is 1. The molecule has 2 heterocycles. The molecule has 0 radical (unpaired) electrons. The van der Waals surface area contributed by atoms with Gasteiger partial charge in [-0.15, -0.1) is 0 Å². The van der Waals surface area contributed by atoms with Gasteiger partial charge in [0, 0.05) is 45.7 Å². The molecule has 0 unspecified atom stereocenters. The van der Waals surface area contributed by atoms with E-state index >= 15 is 0 Å². The minimum atomic E-state index is 0.184. The summed E-state index contributed by atoms with van der Waals surface area (Å²) in [5, 5.41) is 0. The van der Waals surface area contributed by atoms with E-state index in [1.807, 2.05) is 17.0 Å². The zero-order chi connectivity index (χ0) is 16.8. The van der Waals surface area contributed by atoms with E-state index in [1.165, 1.54) is 11.1 Å². The Bertz CT molecular complexity index is 675. The summed E-state index contributed by atoms with van der Waals surface area (Å²) in [6.45, 7) is 4.22. The zero-order valence-corrected chi connectivity index (χ0v) is 14.0. The number of pyridine rings is 1. The third-order valence-corrected chi connectivity index (χ3v) is 4.31. The van der Waals surface area contributed by atoms with Crippen LogP contribution in [0.15, 0.2) is 48.8 Å². The van der Waals surface area contributed by atoms with Crippen LogP contribution in [-0.2, 0) is 16.1 Å². The predicted octanol–water partition coefficient (Wildman–Crippen LogP) is 2.04. The van der Waals surface area contributed by atoms with Crippen LogP contribution in [0.1, 0.15) is 5.56 Å². The van der Waals surface area contributed by atoms with Gasteiger partial charge < -0.3 is 9.64 Å². The molecule has 24 heavy (non-hydrogen) atoms. The van der Waals surface area contributed by atoms with Crippen LogP contribution in [-0.4, -0.2) is 60.6 Å². The second-order valence-corrected chi connectivity index (χ2v) is 6.02. The molecule has 5 heteroatoms. The molecule has 0 atom stereocenters. The maximum absolute atomic E-state index is 12.2. The molecule has 5 nitrogen and oxygen atoms in total. The Kier molecular flexibility index (Phi) is 5.56. The summed E-state index contributed by atoms with van der Waals surface area (Å²) >= 11 is 0. The van der Waals surface area contributed by atoms with Crippen LogP contribution in [0.4, 0.5) is 0 Å². The Morgan fingerprint density at radius 1 is 1.12 bits per heavy atom. The quantitative estimate of drug-likeness (QED) is 0.815. The van der Waals surface area contributed by atoms with E-state index in [1.54, 1.807) is 19.5 Å². The second-order valence-electron chi connectivity index (χ2n) is 6.02. The number of ether oxygens (including phenoxy) is 1. The fourth-order valence-corrected chi connectivity index (χ4v) is 2.98. The van der Waals surface area contributed by atoms with Gasteiger partial charge in [0.2, 0.25) is 5.91 Å². The smallest absolute Gasteiger partial charge is 0.236 e.